The van der Waals surface area contributed by atoms with Crippen LogP contribution >= 0.6 is 15.9 Å². The monoisotopic (exact) mass is 269 g/mol. The van der Waals surface area contributed by atoms with Gasteiger partial charge in [0.05, 0.1) is 0 Å². The first-order chi connectivity index (χ1) is 7.31. The van der Waals surface area contributed by atoms with Gasteiger partial charge >= 0.3 is 0 Å². The minimum absolute atomic E-state index is 0.0364. The number of nitrogens with one attached hydrogen (secondary N) is 1. The van der Waals surface area contributed by atoms with Gasteiger partial charge in [0.15, 0.2) is 6.10 Å². The Morgan fingerprint density at radius 1 is 1.53 bits per heavy atom. The maximum atomic E-state index is 11.6. The van der Waals surface area contributed by atoms with Gasteiger partial charge in [-0.3, -0.25) is 4.79 Å². The summed E-state index contributed by atoms with van der Waals surface area (Å²) in [5.41, 5.74) is 1.11. The van der Waals surface area contributed by atoms with E-state index in [4.69, 9.17) is 4.74 Å². The summed E-state index contributed by atoms with van der Waals surface area (Å²) in [5.74, 6) is 0.794. The van der Waals surface area contributed by atoms with Crippen LogP contribution in [0.5, 0.6) is 5.75 Å². The molecule has 1 aliphatic rings. The summed E-state index contributed by atoms with van der Waals surface area (Å²) in [6.45, 7) is 0.634. The number of ether oxygens (including phenoxy) is 1. The molecule has 0 spiro atoms. The number of carbonyl (C=O) groups excluding carboxylic acids is 1. The smallest absolute Gasteiger partial charge is 0.261 e. The lowest BCUT2D eigenvalue weighted by molar-refractivity contribution is -0.127. The number of hydrogen-bond donors (Lipinski definition) is 1. The lowest BCUT2D eigenvalue weighted by atomic mass is 10.1. The molecule has 0 bridgehead atoms. The Bertz CT molecular complexity index is 342. The molecule has 15 heavy (non-hydrogen) atoms. The highest BCUT2D eigenvalue weighted by Crippen LogP contribution is 2.27. The second-order valence-electron chi connectivity index (χ2n) is 3.40. The lowest BCUT2D eigenvalue weighted by Gasteiger charge is -2.09. The van der Waals surface area contributed by atoms with Gasteiger partial charge in [0.1, 0.15) is 5.75 Å². The van der Waals surface area contributed by atoms with E-state index in [0.717, 1.165) is 16.6 Å². The van der Waals surface area contributed by atoms with Gasteiger partial charge in [0.25, 0.3) is 5.91 Å². The van der Waals surface area contributed by atoms with Gasteiger partial charge in [-0.05, 0) is 11.6 Å². The fraction of sp³-hybridized carbons (Fsp3) is 0.364. The number of carbonyl (C=O) groups is 1. The third-order valence-corrected chi connectivity index (χ3v) is 2.73. The third-order valence-electron chi connectivity index (χ3n) is 2.33. The Balaban J connectivity index is 1.98. The Hall–Kier alpha value is -1.03. The first-order valence-electron chi connectivity index (χ1n) is 4.89. The minimum atomic E-state index is -0.360. The molecule has 80 valence electrons. The summed E-state index contributed by atoms with van der Waals surface area (Å²) in [6.07, 6.45) is 0.311. The summed E-state index contributed by atoms with van der Waals surface area (Å²) in [4.78, 5) is 11.6. The molecule has 1 aromatic rings. The van der Waals surface area contributed by atoms with Crippen molar-refractivity contribution in [2.45, 2.75) is 12.5 Å². The molecule has 1 heterocycles. The van der Waals surface area contributed by atoms with E-state index >= 15 is 0 Å². The maximum absolute atomic E-state index is 11.6. The average Bonchev–Trinajstić information content (AvgIpc) is 2.69. The molecule has 1 amide bonds. The van der Waals surface area contributed by atoms with Crippen molar-refractivity contribution in [2.24, 2.45) is 0 Å². The van der Waals surface area contributed by atoms with Crippen LogP contribution in [0.2, 0.25) is 0 Å². The van der Waals surface area contributed by atoms with Crippen LogP contribution in [0.1, 0.15) is 5.56 Å². The third kappa shape index (κ3) is 2.31. The summed E-state index contributed by atoms with van der Waals surface area (Å²) in [5, 5.41) is 3.56. The molecule has 1 atom stereocenters. The van der Waals surface area contributed by atoms with E-state index in [1.165, 1.54) is 0 Å². The van der Waals surface area contributed by atoms with Crippen molar-refractivity contribution in [1.82, 2.24) is 5.32 Å². The highest BCUT2D eigenvalue weighted by atomic mass is 79.9. The SMILES string of the molecule is O=C(NCCBr)C1Cc2ccccc2O1. The number of rotatable bonds is 3. The van der Waals surface area contributed by atoms with Gasteiger partial charge in [0.2, 0.25) is 0 Å². The minimum Gasteiger partial charge on any atom is -0.480 e. The van der Waals surface area contributed by atoms with Crippen LogP contribution in [0.25, 0.3) is 0 Å². The van der Waals surface area contributed by atoms with Crippen molar-refractivity contribution in [1.29, 1.82) is 0 Å². The van der Waals surface area contributed by atoms with E-state index in [2.05, 4.69) is 21.2 Å². The van der Waals surface area contributed by atoms with E-state index in [1.807, 2.05) is 24.3 Å². The fourth-order valence-electron chi connectivity index (χ4n) is 1.61. The quantitative estimate of drug-likeness (QED) is 0.845. The lowest BCUT2D eigenvalue weighted by Crippen LogP contribution is -2.38. The van der Waals surface area contributed by atoms with Crippen LogP contribution in [0.3, 0.4) is 0 Å². The molecule has 1 N–H and O–H groups in total. The molecule has 1 aromatic carbocycles. The number of alkyl halides is 1. The predicted molar refractivity (Wildman–Crippen MR) is 61.4 cm³/mol. The van der Waals surface area contributed by atoms with Crippen molar-refractivity contribution in [3.63, 3.8) is 0 Å². The molecule has 0 saturated carbocycles. The zero-order chi connectivity index (χ0) is 10.7. The summed E-state index contributed by atoms with van der Waals surface area (Å²) >= 11 is 3.26. The van der Waals surface area contributed by atoms with E-state index < -0.39 is 0 Å². The zero-order valence-corrected chi connectivity index (χ0v) is 9.79. The highest BCUT2D eigenvalue weighted by molar-refractivity contribution is 9.09. The highest BCUT2D eigenvalue weighted by Gasteiger charge is 2.28. The first kappa shape index (κ1) is 10.5. The molecule has 0 aromatic heterocycles. The topological polar surface area (TPSA) is 38.3 Å². The van der Waals surface area contributed by atoms with Gasteiger partial charge in [0, 0.05) is 18.3 Å². The number of hydrogen-bond acceptors (Lipinski definition) is 2. The Labute approximate surface area is 96.9 Å². The standard InChI is InChI=1S/C11H12BrNO2/c12-5-6-13-11(14)10-7-8-3-1-2-4-9(8)15-10/h1-4,10H,5-7H2,(H,13,14). The van der Waals surface area contributed by atoms with E-state index in [9.17, 15) is 4.79 Å². The van der Waals surface area contributed by atoms with Crippen LogP contribution in [-0.2, 0) is 11.2 Å². The molecule has 0 saturated heterocycles. The zero-order valence-electron chi connectivity index (χ0n) is 8.20. The second kappa shape index (κ2) is 4.66. The largest absolute Gasteiger partial charge is 0.480 e. The molecule has 1 aliphatic heterocycles. The molecule has 0 fully saturated rings. The number of fused-ring (bicyclic) bond motifs is 1. The van der Waals surface area contributed by atoms with Gasteiger partial charge in [-0.25, -0.2) is 0 Å². The molecule has 0 aliphatic carbocycles. The summed E-state index contributed by atoms with van der Waals surface area (Å²) < 4.78 is 5.54. The molecule has 0 radical (unpaired) electrons. The van der Waals surface area contributed by atoms with Gasteiger partial charge in [-0.2, -0.15) is 0 Å². The van der Waals surface area contributed by atoms with Crippen LogP contribution in [-0.4, -0.2) is 23.9 Å². The van der Waals surface area contributed by atoms with Crippen molar-refractivity contribution in [3.05, 3.63) is 29.8 Å². The van der Waals surface area contributed by atoms with Crippen LogP contribution in [0, 0.1) is 0 Å². The van der Waals surface area contributed by atoms with E-state index in [-0.39, 0.29) is 12.0 Å². The van der Waals surface area contributed by atoms with Crippen LogP contribution < -0.4 is 10.1 Å². The Morgan fingerprint density at radius 3 is 3.07 bits per heavy atom. The molecule has 4 heteroatoms. The van der Waals surface area contributed by atoms with Crippen molar-refractivity contribution >= 4 is 21.8 Å². The summed E-state index contributed by atoms with van der Waals surface area (Å²) in [7, 11) is 0. The number of benzene rings is 1. The second-order valence-corrected chi connectivity index (χ2v) is 4.19. The van der Waals surface area contributed by atoms with Gasteiger partial charge in [-0.1, -0.05) is 34.1 Å². The van der Waals surface area contributed by atoms with Crippen molar-refractivity contribution in [3.8, 4) is 5.75 Å². The first-order valence-corrected chi connectivity index (χ1v) is 6.01. The molecule has 3 nitrogen and oxygen atoms in total. The molecule has 1 unspecified atom stereocenters. The van der Waals surface area contributed by atoms with Gasteiger partial charge < -0.3 is 10.1 Å². The van der Waals surface area contributed by atoms with Crippen LogP contribution in [0.15, 0.2) is 24.3 Å². The Morgan fingerprint density at radius 2 is 2.33 bits per heavy atom. The Kier molecular flexibility index (Phi) is 3.26. The molecular weight excluding hydrogens is 258 g/mol. The maximum Gasteiger partial charge on any atom is 0.261 e. The average molecular weight is 270 g/mol. The predicted octanol–water partition coefficient (Wildman–Crippen LogP) is 1.50. The molecular formula is C11H12BrNO2. The van der Waals surface area contributed by atoms with Gasteiger partial charge in [-0.15, -0.1) is 0 Å². The van der Waals surface area contributed by atoms with Crippen LogP contribution in [0.4, 0.5) is 0 Å². The van der Waals surface area contributed by atoms with Crippen molar-refractivity contribution < 1.29 is 9.53 Å². The molecule has 2 rings (SSSR count). The van der Waals surface area contributed by atoms with Crippen molar-refractivity contribution in [2.75, 3.05) is 11.9 Å². The normalized spacial score (nSPS) is 18.1. The number of para-hydroxylation sites is 1. The van der Waals surface area contributed by atoms with E-state index in [1.54, 1.807) is 0 Å². The number of halogens is 1. The summed E-state index contributed by atoms with van der Waals surface area (Å²) in [6, 6.07) is 7.76. The van der Waals surface area contributed by atoms with E-state index in [0.29, 0.717) is 13.0 Å². The number of amides is 1. The fourth-order valence-corrected chi connectivity index (χ4v) is 1.81.